The summed E-state index contributed by atoms with van der Waals surface area (Å²) in [6, 6.07) is 6.41. The number of ketones is 1. The van der Waals surface area contributed by atoms with Crippen LogP contribution in [0.15, 0.2) is 30.0 Å². The molecule has 1 aliphatic carbocycles. The van der Waals surface area contributed by atoms with E-state index in [-0.39, 0.29) is 17.3 Å². The van der Waals surface area contributed by atoms with Gasteiger partial charge in [0.1, 0.15) is 11.9 Å². The molecule has 0 radical (unpaired) electrons. The molecular weight excluding hydrogens is 267 g/mol. The minimum Gasteiger partial charge on any atom is -0.383 e. The van der Waals surface area contributed by atoms with Gasteiger partial charge < -0.3 is 4.90 Å². The first-order valence-corrected chi connectivity index (χ1v) is 6.89. The fourth-order valence-corrected chi connectivity index (χ4v) is 2.82. The van der Waals surface area contributed by atoms with Crippen LogP contribution < -0.4 is 0 Å². The van der Waals surface area contributed by atoms with Crippen molar-refractivity contribution in [1.29, 1.82) is 5.26 Å². The summed E-state index contributed by atoms with van der Waals surface area (Å²) in [5, 5.41) is 8.81. The van der Waals surface area contributed by atoms with Gasteiger partial charge >= 0.3 is 0 Å². The van der Waals surface area contributed by atoms with Gasteiger partial charge in [-0.1, -0.05) is 19.9 Å². The van der Waals surface area contributed by atoms with Gasteiger partial charge in [0.05, 0.1) is 5.56 Å². The molecule has 0 unspecified atom stereocenters. The first-order chi connectivity index (χ1) is 9.76. The fourth-order valence-electron chi connectivity index (χ4n) is 2.82. The number of carbonyl (C=O) groups excluding carboxylic acids is 1. The third-order valence-corrected chi connectivity index (χ3v) is 3.88. The highest BCUT2D eigenvalue weighted by Gasteiger charge is 2.44. The highest BCUT2D eigenvalue weighted by atomic mass is 19.1. The van der Waals surface area contributed by atoms with Gasteiger partial charge in [-0.2, -0.15) is 5.26 Å². The van der Waals surface area contributed by atoms with Crippen LogP contribution in [-0.2, 0) is 4.79 Å². The highest BCUT2D eigenvalue weighted by molar-refractivity contribution is 6.03. The van der Waals surface area contributed by atoms with Crippen molar-refractivity contribution >= 4 is 5.78 Å². The number of carbonyl (C=O) groups is 1. The van der Waals surface area contributed by atoms with Gasteiger partial charge in [0, 0.05) is 37.2 Å². The molecule has 110 valence electrons. The summed E-state index contributed by atoms with van der Waals surface area (Å²) in [6.45, 7) is 3.83. The average molecular weight is 286 g/mol. The molecule has 1 aromatic carbocycles. The largest absolute Gasteiger partial charge is 0.383 e. The number of nitriles is 1. The molecule has 21 heavy (non-hydrogen) atoms. The van der Waals surface area contributed by atoms with Crippen LogP contribution in [0, 0.1) is 22.6 Å². The third-order valence-electron chi connectivity index (χ3n) is 3.88. The van der Waals surface area contributed by atoms with Crippen molar-refractivity contribution in [2.75, 3.05) is 14.1 Å². The lowest BCUT2D eigenvalue weighted by molar-refractivity contribution is -0.121. The van der Waals surface area contributed by atoms with Crippen LogP contribution in [0.5, 0.6) is 0 Å². The molecule has 1 aliphatic rings. The average Bonchev–Trinajstić information content (AvgIpc) is 2.62. The van der Waals surface area contributed by atoms with Crippen LogP contribution in [0.25, 0.3) is 0 Å². The van der Waals surface area contributed by atoms with Crippen molar-refractivity contribution in [2.24, 2.45) is 5.41 Å². The maximum absolute atomic E-state index is 13.8. The second-order valence-electron chi connectivity index (χ2n) is 6.37. The Labute approximate surface area is 124 Å². The first kappa shape index (κ1) is 15.2. The maximum atomic E-state index is 13.8. The Morgan fingerprint density at radius 1 is 1.43 bits per heavy atom. The number of allylic oxidation sites excluding steroid dienone is 1. The monoisotopic (exact) mass is 286 g/mol. The van der Waals surface area contributed by atoms with Gasteiger partial charge in [0.15, 0.2) is 5.78 Å². The molecule has 0 spiro atoms. The lowest BCUT2D eigenvalue weighted by Gasteiger charge is -2.15. The van der Waals surface area contributed by atoms with E-state index < -0.39 is 11.2 Å². The number of nitrogens with zero attached hydrogens (tertiary/aromatic N) is 2. The molecule has 2 rings (SSSR count). The van der Waals surface area contributed by atoms with Crippen molar-refractivity contribution in [3.8, 4) is 6.07 Å². The zero-order valence-electron chi connectivity index (χ0n) is 12.8. The molecule has 1 fully saturated rings. The molecule has 0 amide bonds. The molecule has 1 aromatic rings. The number of benzene rings is 1. The topological polar surface area (TPSA) is 44.1 Å². The highest BCUT2D eigenvalue weighted by Crippen LogP contribution is 2.47. The van der Waals surface area contributed by atoms with Crippen molar-refractivity contribution in [1.82, 2.24) is 4.90 Å². The van der Waals surface area contributed by atoms with Crippen LogP contribution in [0.1, 0.15) is 37.3 Å². The maximum Gasteiger partial charge on any atom is 0.166 e. The number of rotatable bonds is 2. The number of hydrogen-bond acceptors (Lipinski definition) is 3. The van der Waals surface area contributed by atoms with E-state index in [0.29, 0.717) is 12.0 Å². The molecule has 1 saturated carbocycles. The molecule has 3 nitrogen and oxygen atoms in total. The van der Waals surface area contributed by atoms with E-state index in [1.165, 1.54) is 12.1 Å². The Bertz CT molecular complexity index is 653. The number of Topliss-reactive ketones (excluding diaryl/α,β-unsaturated/α-hetero) is 1. The van der Waals surface area contributed by atoms with Crippen molar-refractivity contribution in [2.45, 2.75) is 26.2 Å². The van der Waals surface area contributed by atoms with Crippen LogP contribution in [0.2, 0.25) is 0 Å². The van der Waals surface area contributed by atoms with Gasteiger partial charge in [-0.15, -0.1) is 0 Å². The van der Waals surface area contributed by atoms with E-state index in [1.54, 1.807) is 6.07 Å². The van der Waals surface area contributed by atoms with Crippen LogP contribution >= 0.6 is 0 Å². The SMILES string of the molecule is CN(C)/C=C1\C(=O)C(C)(C)C[C@H]1c1ccc(C#N)c(F)c1. The summed E-state index contributed by atoms with van der Waals surface area (Å²) >= 11 is 0. The molecular formula is C17H19FN2O. The minimum atomic E-state index is -0.531. The van der Waals surface area contributed by atoms with E-state index in [2.05, 4.69) is 0 Å². The normalized spacial score (nSPS) is 22.4. The molecule has 0 heterocycles. The van der Waals surface area contributed by atoms with Gasteiger partial charge in [0.25, 0.3) is 0 Å². The predicted molar refractivity (Wildman–Crippen MR) is 79.0 cm³/mol. The molecule has 0 aliphatic heterocycles. The second-order valence-corrected chi connectivity index (χ2v) is 6.37. The number of halogens is 1. The molecule has 0 N–H and O–H groups in total. The second kappa shape index (κ2) is 5.33. The standard InChI is InChI=1S/C17H19FN2O/c1-17(2)8-13(14(16(17)21)10-20(3)4)11-5-6-12(9-19)15(18)7-11/h5-7,10,13H,8H2,1-4H3/b14-10-/t13-/m0/s1. The van der Waals surface area contributed by atoms with E-state index in [1.807, 2.05) is 45.1 Å². The molecule has 0 bridgehead atoms. The fraction of sp³-hybridized carbons (Fsp3) is 0.412. The number of hydrogen-bond donors (Lipinski definition) is 0. The predicted octanol–water partition coefficient (Wildman–Crippen LogP) is 3.23. The van der Waals surface area contributed by atoms with E-state index >= 15 is 0 Å². The van der Waals surface area contributed by atoms with Crippen LogP contribution in [0.3, 0.4) is 0 Å². The minimum absolute atomic E-state index is 0.0282. The van der Waals surface area contributed by atoms with Crippen molar-refractivity contribution < 1.29 is 9.18 Å². The van der Waals surface area contributed by atoms with Crippen LogP contribution in [0.4, 0.5) is 4.39 Å². The molecule has 0 saturated heterocycles. The summed E-state index contributed by atoms with van der Waals surface area (Å²) in [5.74, 6) is -0.556. The van der Waals surface area contributed by atoms with E-state index in [4.69, 9.17) is 5.26 Å². The molecule has 0 aromatic heterocycles. The molecule has 1 atom stereocenters. The Hall–Kier alpha value is -2.15. The molecule has 4 heteroatoms. The zero-order chi connectivity index (χ0) is 15.8. The Balaban J connectivity index is 2.49. The third kappa shape index (κ3) is 2.82. The van der Waals surface area contributed by atoms with Crippen molar-refractivity contribution in [3.05, 3.63) is 46.9 Å². The van der Waals surface area contributed by atoms with Gasteiger partial charge in [-0.3, -0.25) is 4.79 Å². The summed E-state index contributed by atoms with van der Waals surface area (Å²) < 4.78 is 13.8. The van der Waals surface area contributed by atoms with Gasteiger partial charge in [0.2, 0.25) is 0 Å². The summed E-state index contributed by atoms with van der Waals surface area (Å²) in [7, 11) is 3.73. The Morgan fingerprint density at radius 2 is 2.10 bits per heavy atom. The van der Waals surface area contributed by atoms with Gasteiger partial charge in [-0.05, 0) is 24.1 Å². The lowest BCUT2D eigenvalue weighted by Crippen LogP contribution is -2.18. The summed E-state index contributed by atoms with van der Waals surface area (Å²) in [6.07, 6.45) is 2.47. The quantitative estimate of drug-likeness (QED) is 0.784. The first-order valence-electron chi connectivity index (χ1n) is 6.89. The van der Waals surface area contributed by atoms with Gasteiger partial charge in [-0.25, -0.2) is 4.39 Å². The van der Waals surface area contributed by atoms with E-state index in [9.17, 15) is 9.18 Å². The lowest BCUT2D eigenvalue weighted by atomic mass is 9.88. The zero-order valence-corrected chi connectivity index (χ0v) is 12.8. The van der Waals surface area contributed by atoms with Crippen LogP contribution in [-0.4, -0.2) is 24.8 Å². The Kier molecular flexibility index (Phi) is 3.87. The van der Waals surface area contributed by atoms with E-state index in [0.717, 1.165) is 5.56 Å². The summed E-state index contributed by atoms with van der Waals surface area (Å²) in [5.41, 5.74) is 1.03. The summed E-state index contributed by atoms with van der Waals surface area (Å²) in [4.78, 5) is 14.3. The Morgan fingerprint density at radius 3 is 2.62 bits per heavy atom. The smallest absolute Gasteiger partial charge is 0.166 e. The van der Waals surface area contributed by atoms with Crippen molar-refractivity contribution in [3.63, 3.8) is 0 Å².